The SMILES string of the molecule is O=C(Cn1cnc2ccccc21)Nc1ccccc1Cc1nc(-c2ccncc2)no1. The zero-order chi connectivity index (χ0) is 21.0. The average Bonchev–Trinajstić information content (AvgIpc) is 3.43. The summed E-state index contributed by atoms with van der Waals surface area (Å²) in [5.41, 5.74) is 4.20. The van der Waals surface area contributed by atoms with Crippen molar-refractivity contribution in [2.45, 2.75) is 13.0 Å². The molecule has 0 radical (unpaired) electrons. The third-order valence-corrected chi connectivity index (χ3v) is 4.88. The number of amides is 1. The van der Waals surface area contributed by atoms with E-state index in [1.54, 1.807) is 18.7 Å². The van der Waals surface area contributed by atoms with Crippen LogP contribution in [0.2, 0.25) is 0 Å². The van der Waals surface area contributed by atoms with Crippen molar-refractivity contribution in [1.29, 1.82) is 0 Å². The van der Waals surface area contributed by atoms with Crippen LogP contribution in [0.4, 0.5) is 5.69 Å². The lowest BCUT2D eigenvalue weighted by atomic mass is 10.1. The number of nitrogens with zero attached hydrogens (tertiary/aromatic N) is 5. The van der Waals surface area contributed by atoms with Crippen LogP contribution in [0, 0.1) is 0 Å². The lowest BCUT2D eigenvalue weighted by molar-refractivity contribution is -0.116. The summed E-state index contributed by atoms with van der Waals surface area (Å²) in [6.07, 6.45) is 5.44. The van der Waals surface area contributed by atoms with Gasteiger partial charge in [0.15, 0.2) is 0 Å². The van der Waals surface area contributed by atoms with Crippen LogP contribution in [0.25, 0.3) is 22.4 Å². The van der Waals surface area contributed by atoms with Crippen molar-refractivity contribution >= 4 is 22.6 Å². The minimum atomic E-state index is -0.140. The highest BCUT2D eigenvalue weighted by Gasteiger charge is 2.13. The molecule has 5 rings (SSSR count). The monoisotopic (exact) mass is 410 g/mol. The van der Waals surface area contributed by atoms with Crippen molar-refractivity contribution < 1.29 is 9.32 Å². The molecular formula is C23H18N6O2. The van der Waals surface area contributed by atoms with E-state index in [1.807, 2.05) is 65.2 Å². The van der Waals surface area contributed by atoms with Crippen molar-refractivity contribution in [3.63, 3.8) is 0 Å². The molecule has 3 aromatic heterocycles. The van der Waals surface area contributed by atoms with Gasteiger partial charge in [-0.2, -0.15) is 4.98 Å². The summed E-state index contributed by atoms with van der Waals surface area (Å²) in [6.45, 7) is 0.168. The summed E-state index contributed by atoms with van der Waals surface area (Å²) in [5, 5.41) is 7.03. The van der Waals surface area contributed by atoms with Crippen LogP contribution in [0.3, 0.4) is 0 Å². The maximum absolute atomic E-state index is 12.7. The summed E-state index contributed by atoms with van der Waals surface area (Å²) in [5.74, 6) is 0.832. The number of imidazole rings is 1. The number of fused-ring (bicyclic) bond motifs is 1. The number of para-hydroxylation sites is 3. The molecule has 0 unspecified atom stereocenters. The largest absolute Gasteiger partial charge is 0.339 e. The molecule has 0 saturated carbocycles. The first-order valence-electron chi connectivity index (χ1n) is 9.77. The van der Waals surface area contributed by atoms with E-state index in [0.29, 0.717) is 23.8 Å². The maximum atomic E-state index is 12.7. The van der Waals surface area contributed by atoms with Gasteiger partial charge in [-0.3, -0.25) is 9.78 Å². The number of rotatable bonds is 6. The van der Waals surface area contributed by atoms with Gasteiger partial charge in [-0.15, -0.1) is 0 Å². The highest BCUT2D eigenvalue weighted by Crippen LogP contribution is 2.21. The molecule has 0 bridgehead atoms. The second-order valence-corrected chi connectivity index (χ2v) is 6.99. The molecule has 0 atom stereocenters. The van der Waals surface area contributed by atoms with Gasteiger partial charge in [0, 0.05) is 23.6 Å². The van der Waals surface area contributed by atoms with Crippen molar-refractivity contribution in [3.8, 4) is 11.4 Å². The molecular weight excluding hydrogens is 392 g/mol. The number of carbonyl (C=O) groups excluding carboxylic acids is 1. The predicted octanol–water partition coefficient (Wildman–Crippen LogP) is 3.71. The highest BCUT2D eigenvalue weighted by atomic mass is 16.5. The number of hydrogen-bond donors (Lipinski definition) is 1. The van der Waals surface area contributed by atoms with Crippen LogP contribution in [-0.4, -0.2) is 30.6 Å². The molecule has 8 heteroatoms. The molecule has 0 aliphatic carbocycles. The van der Waals surface area contributed by atoms with Crippen molar-refractivity contribution in [2.24, 2.45) is 0 Å². The smallest absolute Gasteiger partial charge is 0.244 e. The molecule has 0 saturated heterocycles. The number of aromatic nitrogens is 5. The Kier molecular flexibility index (Phi) is 4.94. The first kappa shape index (κ1) is 18.7. The molecule has 0 aliphatic rings. The fraction of sp³-hybridized carbons (Fsp3) is 0.0870. The van der Waals surface area contributed by atoms with Crippen LogP contribution in [-0.2, 0) is 17.8 Å². The first-order valence-corrected chi connectivity index (χ1v) is 9.77. The zero-order valence-corrected chi connectivity index (χ0v) is 16.5. The van der Waals surface area contributed by atoms with Crippen LogP contribution < -0.4 is 5.32 Å². The molecule has 8 nitrogen and oxygen atoms in total. The number of benzene rings is 2. The van der Waals surface area contributed by atoms with Gasteiger partial charge in [0.1, 0.15) is 6.54 Å². The molecule has 0 spiro atoms. The van der Waals surface area contributed by atoms with Gasteiger partial charge >= 0.3 is 0 Å². The Bertz CT molecular complexity index is 1340. The Morgan fingerprint density at radius 2 is 1.81 bits per heavy atom. The topological polar surface area (TPSA) is 98.7 Å². The van der Waals surface area contributed by atoms with Gasteiger partial charge in [-0.25, -0.2) is 4.98 Å². The van der Waals surface area contributed by atoms with E-state index in [1.165, 1.54) is 0 Å². The number of nitrogens with one attached hydrogen (secondary N) is 1. The van der Waals surface area contributed by atoms with Crippen molar-refractivity contribution in [2.75, 3.05) is 5.32 Å². The molecule has 2 aromatic carbocycles. The highest BCUT2D eigenvalue weighted by molar-refractivity contribution is 5.92. The Morgan fingerprint density at radius 3 is 2.71 bits per heavy atom. The molecule has 3 heterocycles. The van der Waals surface area contributed by atoms with Crippen molar-refractivity contribution in [3.05, 3.63) is 90.8 Å². The standard InChI is InChI=1S/C23H18N6O2/c30-21(14-29-15-25-19-7-3-4-8-20(19)29)26-18-6-2-1-5-17(18)13-22-27-23(28-31-22)16-9-11-24-12-10-16/h1-12,15H,13-14H2,(H,26,30). The third kappa shape index (κ3) is 4.04. The van der Waals surface area contributed by atoms with E-state index in [9.17, 15) is 4.79 Å². The Balaban J connectivity index is 1.31. The summed E-state index contributed by atoms with van der Waals surface area (Å²) < 4.78 is 7.24. The molecule has 1 N–H and O–H groups in total. The van der Waals surface area contributed by atoms with Crippen molar-refractivity contribution in [1.82, 2.24) is 24.7 Å². The van der Waals surface area contributed by atoms with Gasteiger partial charge in [0.25, 0.3) is 0 Å². The van der Waals surface area contributed by atoms with Gasteiger partial charge in [-0.1, -0.05) is 35.5 Å². The van der Waals surface area contributed by atoms with E-state index in [0.717, 1.165) is 22.2 Å². The lowest BCUT2D eigenvalue weighted by Crippen LogP contribution is -2.19. The third-order valence-electron chi connectivity index (χ3n) is 4.88. The Labute approximate surface area is 177 Å². The normalized spacial score (nSPS) is 11.0. The van der Waals surface area contributed by atoms with Crippen LogP contribution in [0.5, 0.6) is 0 Å². The van der Waals surface area contributed by atoms with Gasteiger partial charge in [0.2, 0.25) is 17.6 Å². The van der Waals surface area contributed by atoms with Gasteiger partial charge < -0.3 is 14.4 Å². The molecule has 0 fully saturated rings. The predicted molar refractivity (Wildman–Crippen MR) is 115 cm³/mol. The average molecular weight is 410 g/mol. The molecule has 0 aliphatic heterocycles. The van der Waals surface area contributed by atoms with E-state index >= 15 is 0 Å². The molecule has 152 valence electrons. The molecule has 1 amide bonds. The number of anilines is 1. The Hall–Kier alpha value is -4.33. The van der Waals surface area contributed by atoms with Gasteiger partial charge in [-0.05, 0) is 35.9 Å². The van der Waals surface area contributed by atoms with E-state index in [4.69, 9.17) is 4.52 Å². The minimum Gasteiger partial charge on any atom is -0.339 e. The molecule has 31 heavy (non-hydrogen) atoms. The van der Waals surface area contributed by atoms with Crippen LogP contribution >= 0.6 is 0 Å². The van der Waals surface area contributed by atoms with Crippen LogP contribution in [0.1, 0.15) is 11.5 Å². The summed E-state index contributed by atoms with van der Waals surface area (Å²) >= 11 is 0. The van der Waals surface area contributed by atoms with Crippen LogP contribution in [0.15, 0.2) is 83.9 Å². The van der Waals surface area contributed by atoms with E-state index < -0.39 is 0 Å². The lowest BCUT2D eigenvalue weighted by Gasteiger charge is -2.10. The van der Waals surface area contributed by atoms with E-state index in [-0.39, 0.29) is 12.5 Å². The summed E-state index contributed by atoms with van der Waals surface area (Å²) in [7, 11) is 0. The zero-order valence-electron chi connectivity index (χ0n) is 16.5. The Morgan fingerprint density at radius 1 is 1.00 bits per heavy atom. The number of hydrogen-bond acceptors (Lipinski definition) is 6. The minimum absolute atomic E-state index is 0.140. The second kappa shape index (κ2) is 8.19. The van der Waals surface area contributed by atoms with Gasteiger partial charge in [0.05, 0.1) is 23.8 Å². The first-order chi connectivity index (χ1) is 15.3. The number of pyridine rings is 1. The fourth-order valence-electron chi connectivity index (χ4n) is 3.38. The summed E-state index contributed by atoms with van der Waals surface area (Å²) in [4.78, 5) is 25.5. The second-order valence-electron chi connectivity index (χ2n) is 6.99. The summed E-state index contributed by atoms with van der Waals surface area (Å²) in [6, 6.07) is 18.9. The molecule has 5 aromatic rings. The number of carbonyl (C=O) groups is 1. The van der Waals surface area contributed by atoms with E-state index in [2.05, 4.69) is 25.4 Å². The fourth-order valence-corrected chi connectivity index (χ4v) is 3.38. The maximum Gasteiger partial charge on any atom is 0.244 e. The quantitative estimate of drug-likeness (QED) is 0.458.